The first-order chi connectivity index (χ1) is 11.6. The monoisotopic (exact) mass is 344 g/mol. The largest absolute Gasteiger partial charge is 0.342 e. The fraction of sp³-hybridized carbons (Fsp3) is 0.500. The van der Waals surface area contributed by atoms with Gasteiger partial charge in [0.2, 0.25) is 11.1 Å². The molecule has 1 saturated carbocycles. The standard InChI is InChI=1S/C18H24N4OS/c1-4-21(5-2)17(23)13(3)24-18-19-16(14-11-12-14)22(20-18)15-9-7-6-8-10-15/h6-10,13-14H,4-5,11-12H2,1-3H3. The summed E-state index contributed by atoms with van der Waals surface area (Å²) in [7, 11) is 0. The second-order valence-electron chi connectivity index (χ2n) is 6.04. The van der Waals surface area contributed by atoms with Gasteiger partial charge in [-0.3, -0.25) is 4.79 Å². The molecule has 1 fully saturated rings. The molecule has 1 amide bonds. The van der Waals surface area contributed by atoms with E-state index in [1.807, 2.05) is 60.7 Å². The van der Waals surface area contributed by atoms with Crippen LogP contribution < -0.4 is 0 Å². The number of rotatable bonds is 7. The minimum Gasteiger partial charge on any atom is -0.342 e. The van der Waals surface area contributed by atoms with E-state index in [4.69, 9.17) is 4.98 Å². The summed E-state index contributed by atoms with van der Waals surface area (Å²) in [5.41, 5.74) is 1.03. The van der Waals surface area contributed by atoms with E-state index in [-0.39, 0.29) is 11.2 Å². The molecular weight excluding hydrogens is 320 g/mol. The number of nitrogens with zero attached hydrogens (tertiary/aromatic N) is 4. The molecule has 0 spiro atoms. The fourth-order valence-corrected chi connectivity index (χ4v) is 3.56. The van der Waals surface area contributed by atoms with Gasteiger partial charge in [-0.15, -0.1) is 5.10 Å². The third-order valence-electron chi connectivity index (χ3n) is 4.26. The Morgan fingerprint density at radius 2 is 1.96 bits per heavy atom. The number of carbonyl (C=O) groups excluding carboxylic acids is 1. The number of thioether (sulfide) groups is 1. The van der Waals surface area contributed by atoms with Crippen LogP contribution in [0.2, 0.25) is 0 Å². The van der Waals surface area contributed by atoms with Gasteiger partial charge < -0.3 is 4.90 Å². The lowest BCUT2D eigenvalue weighted by Crippen LogP contribution is -2.36. The Kier molecular flexibility index (Phi) is 5.23. The zero-order valence-electron chi connectivity index (χ0n) is 14.5. The SMILES string of the molecule is CCN(CC)C(=O)C(C)Sc1nc(C2CC2)n(-c2ccccc2)n1. The highest BCUT2D eigenvalue weighted by molar-refractivity contribution is 8.00. The Hall–Kier alpha value is -1.82. The first kappa shape index (κ1) is 17.0. The van der Waals surface area contributed by atoms with Gasteiger partial charge in [0.25, 0.3) is 0 Å². The molecule has 1 heterocycles. The Bertz CT molecular complexity index is 692. The summed E-state index contributed by atoms with van der Waals surface area (Å²) in [6, 6.07) is 10.1. The molecule has 0 N–H and O–H groups in total. The van der Waals surface area contributed by atoms with Crippen molar-refractivity contribution in [3.05, 3.63) is 36.2 Å². The molecule has 0 radical (unpaired) electrons. The van der Waals surface area contributed by atoms with Crippen LogP contribution >= 0.6 is 11.8 Å². The van der Waals surface area contributed by atoms with Crippen molar-refractivity contribution in [1.82, 2.24) is 19.7 Å². The van der Waals surface area contributed by atoms with Crippen molar-refractivity contribution >= 4 is 17.7 Å². The smallest absolute Gasteiger partial charge is 0.235 e. The van der Waals surface area contributed by atoms with Crippen LogP contribution in [-0.2, 0) is 4.79 Å². The highest BCUT2D eigenvalue weighted by Gasteiger charge is 2.31. The van der Waals surface area contributed by atoms with Crippen LogP contribution in [-0.4, -0.2) is 43.9 Å². The molecule has 24 heavy (non-hydrogen) atoms. The molecule has 0 aliphatic heterocycles. The molecule has 0 saturated heterocycles. The second kappa shape index (κ2) is 7.38. The van der Waals surface area contributed by atoms with E-state index in [0.29, 0.717) is 11.1 Å². The molecule has 128 valence electrons. The van der Waals surface area contributed by atoms with Gasteiger partial charge in [-0.1, -0.05) is 30.0 Å². The molecule has 5 nitrogen and oxygen atoms in total. The number of aromatic nitrogens is 3. The molecule has 3 rings (SSSR count). The van der Waals surface area contributed by atoms with Gasteiger partial charge in [-0.2, -0.15) is 0 Å². The average Bonchev–Trinajstić information content (AvgIpc) is 3.37. The number of hydrogen-bond acceptors (Lipinski definition) is 4. The fourth-order valence-electron chi connectivity index (χ4n) is 2.72. The van der Waals surface area contributed by atoms with Crippen LogP contribution in [0.4, 0.5) is 0 Å². The van der Waals surface area contributed by atoms with Crippen LogP contribution in [0.5, 0.6) is 0 Å². The van der Waals surface area contributed by atoms with Crippen molar-refractivity contribution in [2.45, 2.75) is 49.9 Å². The average molecular weight is 344 g/mol. The van der Waals surface area contributed by atoms with Crippen LogP contribution in [0.25, 0.3) is 5.69 Å². The summed E-state index contributed by atoms with van der Waals surface area (Å²) in [4.78, 5) is 19.0. The Labute approximate surface area is 147 Å². The van der Waals surface area contributed by atoms with Crippen molar-refractivity contribution in [1.29, 1.82) is 0 Å². The Morgan fingerprint density at radius 3 is 2.54 bits per heavy atom. The third-order valence-corrected chi connectivity index (χ3v) is 5.20. The number of benzene rings is 1. The maximum Gasteiger partial charge on any atom is 0.235 e. The van der Waals surface area contributed by atoms with Crippen LogP contribution in [0.3, 0.4) is 0 Å². The zero-order valence-corrected chi connectivity index (χ0v) is 15.3. The van der Waals surface area contributed by atoms with E-state index in [1.54, 1.807) is 0 Å². The lowest BCUT2D eigenvalue weighted by molar-refractivity contribution is -0.129. The lowest BCUT2D eigenvalue weighted by Gasteiger charge is -2.21. The van der Waals surface area contributed by atoms with Crippen molar-refractivity contribution in [2.75, 3.05) is 13.1 Å². The normalized spacial score (nSPS) is 15.3. The van der Waals surface area contributed by atoms with E-state index in [0.717, 1.165) is 24.6 Å². The van der Waals surface area contributed by atoms with E-state index >= 15 is 0 Å². The summed E-state index contributed by atoms with van der Waals surface area (Å²) in [6.45, 7) is 7.42. The van der Waals surface area contributed by atoms with Crippen molar-refractivity contribution in [3.63, 3.8) is 0 Å². The summed E-state index contributed by atoms with van der Waals surface area (Å²) in [5.74, 6) is 1.67. The first-order valence-corrected chi connectivity index (χ1v) is 9.49. The van der Waals surface area contributed by atoms with Gasteiger partial charge in [0, 0.05) is 19.0 Å². The van der Waals surface area contributed by atoms with Gasteiger partial charge >= 0.3 is 0 Å². The topological polar surface area (TPSA) is 51.0 Å². The van der Waals surface area contributed by atoms with E-state index in [1.165, 1.54) is 24.6 Å². The first-order valence-electron chi connectivity index (χ1n) is 8.61. The predicted molar refractivity (Wildman–Crippen MR) is 96.6 cm³/mol. The second-order valence-corrected chi connectivity index (χ2v) is 7.35. The van der Waals surface area contributed by atoms with E-state index in [2.05, 4.69) is 5.10 Å². The van der Waals surface area contributed by atoms with Gasteiger partial charge in [-0.25, -0.2) is 9.67 Å². The van der Waals surface area contributed by atoms with Crippen molar-refractivity contribution in [2.24, 2.45) is 0 Å². The number of para-hydroxylation sites is 1. The Morgan fingerprint density at radius 1 is 1.29 bits per heavy atom. The predicted octanol–water partition coefficient (Wildman–Crippen LogP) is 3.49. The van der Waals surface area contributed by atoms with Gasteiger partial charge in [-0.05, 0) is 45.7 Å². The minimum absolute atomic E-state index is 0.147. The molecule has 1 aromatic heterocycles. The Balaban J connectivity index is 1.81. The zero-order chi connectivity index (χ0) is 17.1. The van der Waals surface area contributed by atoms with E-state index < -0.39 is 0 Å². The minimum atomic E-state index is -0.177. The maximum atomic E-state index is 12.5. The molecule has 1 unspecified atom stereocenters. The maximum absolute atomic E-state index is 12.5. The molecule has 1 aliphatic rings. The summed E-state index contributed by atoms with van der Waals surface area (Å²) < 4.78 is 1.94. The van der Waals surface area contributed by atoms with Crippen LogP contribution in [0.15, 0.2) is 35.5 Å². The molecule has 0 bridgehead atoms. The number of carbonyl (C=O) groups is 1. The quantitative estimate of drug-likeness (QED) is 0.722. The van der Waals surface area contributed by atoms with Gasteiger partial charge in [0.15, 0.2) is 0 Å². The van der Waals surface area contributed by atoms with Gasteiger partial charge in [0.1, 0.15) is 5.82 Å². The third kappa shape index (κ3) is 3.64. The van der Waals surface area contributed by atoms with Crippen molar-refractivity contribution < 1.29 is 4.79 Å². The summed E-state index contributed by atoms with van der Waals surface area (Å²) in [5, 5.41) is 5.18. The molecule has 1 aromatic carbocycles. The molecule has 1 aliphatic carbocycles. The molecular formula is C18H24N4OS. The summed E-state index contributed by atoms with van der Waals surface area (Å²) >= 11 is 1.45. The number of hydrogen-bond donors (Lipinski definition) is 0. The molecule has 1 atom stereocenters. The molecule has 2 aromatic rings. The van der Waals surface area contributed by atoms with Gasteiger partial charge in [0.05, 0.1) is 10.9 Å². The summed E-state index contributed by atoms with van der Waals surface area (Å²) in [6.07, 6.45) is 2.34. The van der Waals surface area contributed by atoms with Crippen LogP contribution in [0.1, 0.15) is 45.4 Å². The van der Waals surface area contributed by atoms with Crippen LogP contribution in [0, 0.1) is 0 Å². The van der Waals surface area contributed by atoms with Crippen molar-refractivity contribution in [3.8, 4) is 5.69 Å². The lowest BCUT2D eigenvalue weighted by atomic mass is 10.3. The highest BCUT2D eigenvalue weighted by atomic mass is 32.2. The molecule has 6 heteroatoms. The number of amides is 1. The highest BCUT2D eigenvalue weighted by Crippen LogP contribution is 2.40. The van der Waals surface area contributed by atoms with E-state index in [9.17, 15) is 4.79 Å².